The lowest BCUT2D eigenvalue weighted by atomic mass is 10.1. The van der Waals surface area contributed by atoms with Crippen molar-refractivity contribution in [1.82, 2.24) is 5.32 Å². The average Bonchev–Trinajstić information content (AvgIpc) is 2.62. The zero-order valence-electron chi connectivity index (χ0n) is 15.2. The van der Waals surface area contributed by atoms with Crippen LogP contribution in [0.1, 0.15) is 49.5 Å². The van der Waals surface area contributed by atoms with Crippen molar-refractivity contribution >= 4 is 17.7 Å². The van der Waals surface area contributed by atoms with Gasteiger partial charge in [0.1, 0.15) is 5.75 Å². The zero-order valence-corrected chi connectivity index (χ0v) is 16.1. The van der Waals surface area contributed by atoms with Crippen molar-refractivity contribution < 1.29 is 9.53 Å². The second-order valence-corrected chi connectivity index (χ2v) is 7.07. The number of carbonyl (C=O) groups is 1. The molecule has 3 nitrogen and oxygen atoms in total. The van der Waals surface area contributed by atoms with E-state index in [1.54, 1.807) is 11.8 Å². The van der Waals surface area contributed by atoms with Crippen molar-refractivity contribution in [3.63, 3.8) is 0 Å². The molecule has 0 aliphatic carbocycles. The van der Waals surface area contributed by atoms with Crippen LogP contribution < -0.4 is 10.1 Å². The van der Waals surface area contributed by atoms with Crippen molar-refractivity contribution in [2.45, 2.75) is 50.3 Å². The zero-order chi connectivity index (χ0) is 18.1. The third-order valence-corrected chi connectivity index (χ3v) is 4.92. The Balaban J connectivity index is 2.13. The van der Waals surface area contributed by atoms with E-state index in [0.717, 1.165) is 29.9 Å². The molecule has 0 aliphatic heterocycles. The van der Waals surface area contributed by atoms with Gasteiger partial charge in [-0.15, -0.1) is 11.8 Å². The van der Waals surface area contributed by atoms with Crippen LogP contribution in [-0.2, 0) is 5.75 Å². The molecule has 25 heavy (non-hydrogen) atoms. The van der Waals surface area contributed by atoms with Crippen LogP contribution >= 0.6 is 11.8 Å². The number of rotatable bonds is 9. The van der Waals surface area contributed by atoms with E-state index in [9.17, 15) is 4.79 Å². The molecule has 0 heterocycles. The number of hydrogen-bond donors (Lipinski definition) is 1. The summed E-state index contributed by atoms with van der Waals surface area (Å²) in [7, 11) is 0. The second-order valence-electron chi connectivity index (χ2n) is 6.02. The molecule has 0 unspecified atom stereocenters. The quantitative estimate of drug-likeness (QED) is 0.619. The Morgan fingerprint density at radius 1 is 1.16 bits per heavy atom. The summed E-state index contributed by atoms with van der Waals surface area (Å²) in [6.07, 6.45) is 2.04. The summed E-state index contributed by atoms with van der Waals surface area (Å²) in [6.45, 7) is 6.75. The molecule has 2 aromatic rings. The first-order valence-electron chi connectivity index (χ1n) is 8.88. The molecule has 4 heteroatoms. The van der Waals surface area contributed by atoms with Gasteiger partial charge >= 0.3 is 0 Å². The van der Waals surface area contributed by atoms with Crippen LogP contribution in [0.25, 0.3) is 0 Å². The Morgan fingerprint density at radius 2 is 1.92 bits per heavy atom. The molecule has 0 aliphatic rings. The Kier molecular flexibility index (Phi) is 7.86. The highest BCUT2D eigenvalue weighted by Crippen LogP contribution is 2.29. The van der Waals surface area contributed by atoms with E-state index in [1.165, 1.54) is 4.90 Å². The summed E-state index contributed by atoms with van der Waals surface area (Å²) in [5.41, 5.74) is 1.74. The molecule has 0 radical (unpaired) electrons. The SMILES string of the molecule is CCC[C@@H](C)NC(=O)c1ccc(OCC)c(CSc2ccccc2)c1. The number of nitrogens with one attached hydrogen (secondary N) is 1. The third-order valence-electron chi connectivity index (χ3n) is 3.86. The van der Waals surface area contributed by atoms with Crippen LogP contribution in [0.15, 0.2) is 53.4 Å². The largest absolute Gasteiger partial charge is 0.494 e. The van der Waals surface area contributed by atoms with E-state index < -0.39 is 0 Å². The van der Waals surface area contributed by atoms with Crippen LogP contribution in [0.2, 0.25) is 0 Å². The Hall–Kier alpha value is -1.94. The van der Waals surface area contributed by atoms with E-state index in [-0.39, 0.29) is 11.9 Å². The predicted octanol–water partition coefficient (Wildman–Crippen LogP) is 5.30. The lowest BCUT2D eigenvalue weighted by Gasteiger charge is -2.15. The second kappa shape index (κ2) is 10.1. The highest BCUT2D eigenvalue weighted by molar-refractivity contribution is 7.98. The Morgan fingerprint density at radius 3 is 2.60 bits per heavy atom. The number of carbonyl (C=O) groups excluding carboxylic acids is 1. The average molecular weight is 358 g/mol. The molecule has 1 N–H and O–H groups in total. The lowest BCUT2D eigenvalue weighted by Crippen LogP contribution is -2.32. The molecule has 1 atom stereocenters. The van der Waals surface area contributed by atoms with Gasteiger partial charge in [0.15, 0.2) is 0 Å². The van der Waals surface area contributed by atoms with Gasteiger partial charge in [-0.3, -0.25) is 4.79 Å². The van der Waals surface area contributed by atoms with Gasteiger partial charge in [-0.1, -0.05) is 31.5 Å². The van der Waals surface area contributed by atoms with Gasteiger partial charge in [0.25, 0.3) is 5.91 Å². The summed E-state index contributed by atoms with van der Waals surface area (Å²) >= 11 is 1.74. The van der Waals surface area contributed by atoms with Gasteiger partial charge in [-0.2, -0.15) is 0 Å². The minimum absolute atomic E-state index is 0.0186. The fraction of sp³-hybridized carbons (Fsp3) is 0.381. The van der Waals surface area contributed by atoms with Gasteiger partial charge < -0.3 is 10.1 Å². The van der Waals surface area contributed by atoms with Crippen LogP contribution in [0, 0.1) is 0 Å². The monoisotopic (exact) mass is 357 g/mol. The van der Waals surface area contributed by atoms with Crippen LogP contribution in [0.5, 0.6) is 5.75 Å². The standard InChI is InChI=1S/C21H27NO2S/c1-4-9-16(3)22-21(23)17-12-13-20(24-5-2)18(14-17)15-25-19-10-7-6-8-11-19/h6-8,10-14,16H,4-5,9,15H2,1-3H3,(H,22,23)/t16-/m1/s1. The molecular weight excluding hydrogens is 330 g/mol. The fourth-order valence-corrected chi connectivity index (χ4v) is 3.52. The van der Waals surface area contributed by atoms with E-state index >= 15 is 0 Å². The summed E-state index contributed by atoms with van der Waals surface area (Å²) in [6, 6.07) is 16.1. The highest BCUT2D eigenvalue weighted by Gasteiger charge is 2.13. The minimum Gasteiger partial charge on any atom is -0.494 e. The molecule has 134 valence electrons. The summed E-state index contributed by atoms with van der Waals surface area (Å²) in [5, 5.41) is 3.06. The van der Waals surface area contributed by atoms with E-state index in [4.69, 9.17) is 4.74 Å². The Labute approximate surface area is 155 Å². The number of ether oxygens (including phenoxy) is 1. The molecular formula is C21H27NO2S. The maximum atomic E-state index is 12.5. The normalized spacial score (nSPS) is 11.8. The van der Waals surface area contributed by atoms with Crippen molar-refractivity contribution in [2.75, 3.05) is 6.61 Å². The summed E-state index contributed by atoms with van der Waals surface area (Å²) in [4.78, 5) is 13.7. The van der Waals surface area contributed by atoms with E-state index in [0.29, 0.717) is 12.2 Å². The molecule has 2 aromatic carbocycles. The lowest BCUT2D eigenvalue weighted by molar-refractivity contribution is 0.0938. The molecule has 0 spiro atoms. The van der Waals surface area contributed by atoms with Crippen molar-refractivity contribution in [1.29, 1.82) is 0 Å². The Bertz CT molecular complexity index is 673. The summed E-state index contributed by atoms with van der Waals surface area (Å²) < 4.78 is 5.73. The van der Waals surface area contributed by atoms with Crippen molar-refractivity contribution in [3.8, 4) is 5.75 Å². The molecule has 0 bridgehead atoms. The summed E-state index contributed by atoms with van der Waals surface area (Å²) in [5.74, 6) is 1.60. The highest BCUT2D eigenvalue weighted by atomic mass is 32.2. The number of thioether (sulfide) groups is 1. The van der Waals surface area contributed by atoms with E-state index in [1.807, 2.05) is 50.2 Å². The molecule has 0 aromatic heterocycles. The van der Waals surface area contributed by atoms with Crippen molar-refractivity contribution in [3.05, 3.63) is 59.7 Å². The first-order chi connectivity index (χ1) is 12.1. The smallest absolute Gasteiger partial charge is 0.251 e. The number of amides is 1. The molecule has 0 fully saturated rings. The first-order valence-corrected chi connectivity index (χ1v) is 9.87. The maximum absolute atomic E-state index is 12.5. The van der Waals surface area contributed by atoms with Crippen LogP contribution in [0.3, 0.4) is 0 Å². The van der Waals surface area contributed by atoms with Gasteiger partial charge in [-0.25, -0.2) is 0 Å². The molecule has 2 rings (SSSR count). The molecule has 0 saturated heterocycles. The predicted molar refractivity (Wildman–Crippen MR) is 105 cm³/mol. The van der Waals surface area contributed by atoms with E-state index in [2.05, 4.69) is 24.4 Å². The molecule has 0 saturated carbocycles. The third kappa shape index (κ3) is 6.13. The van der Waals surface area contributed by atoms with Gasteiger partial charge in [0.2, 0.25) is 0 Å². The van der Waals surface area contributed by atoms with Gasteiger partial charge in [-0.05, 0) is 50.6 Å². The first kappa shape index (κ1) is 19.4. The fourth-order valence-electron chi connectivity index (χ4n) is 2.62. The minimum atomic E-state index is -0.0186. The van der Waals surface area contributed by atoms with Crippen LogP contribution in [0.4, 0.5) is 0 Å². The number of benzene rings is 2. The van der Waals surface area contributed by atoms with Gasteiger partial charge in [0, 0.05) is 27.8 Å². The van der Waals surface area contributed by atoms with Crippen LogP contribution in [-0.4, -0.2) is 18.6 Å². The van der Waals surface area contributed by atoms with Crippen molar-refractivity contribution in [2.24, 2.45) is 0 Å². The topological polar surface area (TPSA) is 38.3 Å². The molecule has 1 amide bonds. The maximum Gasteiger partial charge on any atom is 0.251 e. The number of hydrogen-bond acceptors (Lipinski definition) is 3. The van der Waals surface area contributed by atoms with Gasteiger partial charge in [0.05, 0.1) is 6.61 Å².